The van der Waals surface area contributed by atoms with E-state index in [0.717, 1.165) is 31.6 Å². The van der Waals surface area contributed by atoms with Gasteiger partial charge in [0, 0.05) is 19.3 Å². The smallest absolute Gasteiger partial charge is 0.310 e. The van der Waals surface area contributed by atoms with Gasteiger partial charge in [-0.25, -0.2) is 0 Å². The fraction of sp³-hybridized carbons (Fsp3) is 0.538. The number of pyridine rings is 1. The predicted molar refractivity (Wildman–Crippen MR) is 64.5 cm³/mol. The van der Waals surface area contributed by atoms with Crippen LogP contribution in [0.2, 0.25) is 0 Å². The van der Waals surface area contributed by atoms with Crippen molar-refractivity contribution in [1.82, 2.24) is 9.88 Å². The zero-order valence-corrected chi connectivity index (χ0v) is 10.1. The molecule has 1 aliphatic heterocycles. The van der Waals surface area contributed by atoms with E-state index in [9.17, 15) is 9.90 Å². The second kappa shape index (κ2) is 4.84. The van der Waals surface area contributed by atoms with Gasteiger partial charge < -0.3 is 5.11 Å². The van der Waals surface area contributed by atoms with Crippen LogP contribution in [0.5, 0.6) is 0 Å². The van der Waals surface area contributed by atoms with Crippen LogP contribution in [0.25, 0.3) is 0 Å². The van der Waals surface area contributed by atoms with Gasteiger partial charge >= 0.3 is 5.97 Å². The van der Waals surface area contributed by atoms with Gasteiger partial charge in [-0.15, -0.1) is 0 Å². The maximum atomic E-state index is 11.2. The standard InChI is InChI=1S/C13H18N2O2/c1-13(12(16)17)6-4-8-15(10-13)9-11-5-2-3-7-14-11/h2-3,5,7H,4,6,8-10H2,1H3,(H,16,17). The molecule has 4 nitrogen and oxygen atoms in total. The van der Waals surface area contributed by atoms with Gasteiger partial charge in [0.2, 0.25) is 0 Å². The van der Waals surface area contributed by atoms with E-state index in [1.807, 2.05) is 25.1 Å². The second-order valence-electron chi connectivity index (χ2n) is 5.00. The number of carboxylic acid groups (broad SMARTS) is 1. The highest BCUT2D eigenvalue weighted by molar-refractivity contribution is 5.74. The third kappa shape index (κ3) is 2.82. The Kier molecular flexibility index (Phi) is 3.43. The number of carbonyl (C=O) groups is 1. The summed E-state index contributed by atoms with van der Waals surface area (Å²) >= 11 is 0. The maximum Gasteiger partial charge on any atom is 0.310 e. The first-order valence-corrected chi connectivity index (χ1v) is 5.96. The maximum absolute atomic E-state index is 11.2. The first-order chi connectivity index (χ1) is 8.10. The van der Waals surface area contributed by atoms with Crippen molar-refractivity contribution in [3.8, 4) is 0 Å². The molecule has 1 fully saturated rings. The summed E-state index contributed by atoms with van der Waals surface area (Å²) in [6, 6.07) is 5.83. The molecule has 1 N–H and O–H groups in total. The lowest BCUT2D eigenvalue weighted by Crippen LogP contribution is -2.45. The molecule has 1 saturated heterocycles. The van der Waals surface area contributed by atoms with Gasteiger partial charge in [-0.05, 0) is 38.4 Å². The Balaban J connectivity index is 2.01. The molecule has 2 rings (SSSR count). The van der Waals surface area contributed by atoms with E-state index < -0.39 is 11.4 Å². The first kappa shape index (κ1) is 12.0. The Morgan fingerprint density at radius 1 is 1.59 bits per heavy atom. The first-order valence-electron chi connectivity index (χ1n) is 5.96. The SMILES string of the molecule is CC1(C(=O)O)CCCN(Cc2ccccn2)C1. The fourth-order valence-corrected chi connectivity index (χ4v) is 2.37. The number of aromatic nitrogens is 1. The number of aliphatic carboxylic acids is 1. The summed E-state index contributed by atoms with van der Waals surface area (Å²) in [4.78, 5) is 17.7. The summed E-state index contributed by atoms with van der Waals surface area (Å²) in [5.41, 5.74) is 0.398. The zero-order valence-electron chi connectivity index (χ0n) is 10.1. The van der Waals surface area contributed by atoms with Crippen LogP contribution >= 0.6 is 0 Å². The molecule has 1 aliphatic rings. The molecule has 1 aromatic heterocycles. The summed E-state index contributed by atoms with van der Waals surface area (Å²) in [5, 5.41) is 9.24. The van der Waals surface area contributed by atoms with Crippen molar-refractivity contribution in [2.75, 3.05) is 13.1 Å². The third-order valence-corrected chi connectivity index (χ3v) is 3.40. The van der Waals surface area contributed by atoms with E-state index >= 15 is 0 Å². The van der Waals surface area contributed by atoms with Crippen molar-refractivity contribution in [2.24, 2.45) is 5.41 Å². The molecular weight excluding hydrogens is 216 g/mol. The van der Waals surface area contributed by atoms with Gasteiger partial charge in [-0.3, -0.25) is 14.7 Å². The number of hydrogen-bond donors (Lipinski definition) is 1. The Morgan fingerprint density at radius 2 is 2.41 bits per heavy atom. The quantitative estimate of drug-likeness (QED) is 0.866. The zero-order chi connectivity index (χ0) is 12.3. The lowest BCUT2D eigenvalue weighted by molar-refractivity contribution is -0.151. The van der Waals surface area contributed by atoms with Crippen molar-refractivity contribution in [3.63, 3.8) is 0 Å². The topological polar surface area (TPSA) is 53.4 Å². The Labute approximate surface area is 101 Å². The molecule has 1 aromatic rings. The minimum absolute atomic E-state index is 0.604. The largest absolute Gasteiger partial charge is 0.481 e. The lowest BCUT2D eigenvalue weighted by Gasteiger charge is -2.37. The predicted octanol–water partition coefficient (Wildman–Crippen LogP) is 1.77. The highest BCUT2D eigenvalue weighted by Gasteiger charge is 2.37. The summed E-state index contributed by atoms with van der Waals surface area (Å²) in [5.74, 6) is -0.691. The Morgan fingerprint density at radius 3 is 3.06 bits per heavy atom. The van der Waals surface area contributed by atoms with Gasteiger partial charge in [-0.1, -0.05) is 6.07 Å². The van der Waals surface area contributed by atoms with Crippen molar-refractivity contribution < 1.29 is 9.90 Å². The Hall–Kier alpha value is -1.42. The van der Waals surface area contributed by atoms with Gasteiger partial charge in [0.1, 0.15) is 0 Å². The molecule has 0 radical (unpaired) electrons. The summed E-state index contributed by atoms with van der Waals surface area (Å²) in [6.07, 6.45) is 3.48. The number of carboxylic acids is 1. The minimum Gasteiger partial charge on any atom is -0.481 e. The van der Waals surface area contributed by atoms with Crippen LogP contribution in [-0.4, -0.2) is 34.0 Å². The van der Waals surface area contributed by atoms with E-state index in [0.29, 0.717) is 6.54 Å². The van der Waals surface area contributed by atoms with E-state index in [1.54, 1.807) is 6.20 Å². The van der Waals surface area contributed by atoms with Crippen molar-refractivity contribution in [1.29, 1.82) is 0 Å². The van der Waals surface area contributed by atoms with Crippen LogP contribution in [0, 0.1) is 5.41 Å². The molecule has 0 aromatic carbocycles. The second-order valence-corrected chi connectivity index (χ2v) is 5.00. The van der Waals surface area contributed by atoms with E-state index in [4.69, 9.17) is 0 Å². The average molecular weight is 234 g/mol. The van der Waals surface area contributed by atoms with Crippen molar-refractivity contribution in [2.45, 2.75) is 26.3 Å². The number of likely N-dealkylation sites (tertiary alicyclic amines) is 1. The summed E-state index contributed by atoms with van der Waals surface area (Å²) in [6.45, 7) is 4.14. The van der Waals surface area contributed by atoms with Crippen molar-refractivity contribution >= 4 is 5.97 Å². The molecular formula is C13H18N2O2. The number of hydrogen-bond acceptors (Lipinski definition) is 3. The molecule has 0 aliphatic carbocycles. The molecule has 0 spiro atoms. The van der Waals surface area contributed by atoms with Gasteiger partial charge in [0.15, 0.2) is 0 Å². The molecule has 1 unspecified atom stereocenters. The number of nitrogens with zero attached hydrogens (tertiary/aromatic N) is 2. The van der Waals surface area contributed by atoms with Crippen LogP contribution in [0.1, 0.15) is 25.5 Å². The Bertz CT molecular complexity index is 394. The van der Waals surface area contributed by atoms with Crippen LogP contribution in [0.15, 0.2) is 24.4 Å². The highest BCUT2D eigenvalue weighted by Crippen LogP contribution is 2.30. The molecule has 1 atom stereocenters. The average Bonchev–Trinajstić information content (AvgIpc) is 2.30. The lowest BCUT2D eigenvalue weighted by atomic mass is 9.82. The van der Waals surface area contributed by atoms with Crippen molar-refractivity contribution in [3.05, 3.63) is 30.1 Å². The number of rotatable bonds is 3. The molecule has 0 saturated carbocycles. The van der Waals surface area contributed by atoms with E-state index in [-0.39, 0.29) is 0 Å². The molecule has 92 valence electrons. The minimum atomic E-state index is -0.691. The molecule has 0 amide bonds. The van der Waals surface area contributed by atoms with Crippen LogP contribution in [0.4, 0.5) is 0 Å². The van der Waals surface area contributed by atoms with E-state index in [1.165, 1.54) is 0 Å². The fourth-order valence-electron chi connectivity index (χ4n) is 2.37. The van der Waals surface area contributed by atoms with Gasteiger partial charge in [0.05, 0.1) is 11.1 Å². The molecule has 2 heterocycles. The molecule has 0 bridgehead atoms. The van der Waals surface area contributed by atoms with Crippen LogP contribution in [0.3, 0.4) is 0 Å². The van der Waals surface area contributed by atoms with E-state index in [2.05, 4.69) is 9.88 Å². The van der Waals surface area contributed by atoms with Crippen LogP contribution < -0.4 is 0 Å². The molecule has 17 heavy (non-hydrogen) atoms. The summed E-state index contributed by atoms with van der Waals surface area (Å²) < 4.78 is 0. The van der Waals surface area contributed by atoms with Gasteiger partial charge in [-0.2, -0.15) is 0 Å². The normalized spacial score (nSPS) is 25.7. The van der Waals surface area contributed by atoms with Gasteiger partial charge in [0.25, 0.3) is 0 Å². The van der Waals surface area contributed by atoms with Crippen LogP contribution in [-0.2, 0) is 11.3 Å². The number of piperidine rings is 1. The molecule has 4 heteroatoms. The summed E-state index contributed by atoms with van der Waals surface area (Å²) in [7, 11) is 0. The highest BCUT2D eigenvalue weighted by atomic mass is 16.4. The third-order valence-electron chi connectivity index (χ3n) is 3.40. The monoisotopic (exact) mass is 234 g/mol.